The van der Waals surface area contributed by atoms with E-state index in [9.17, 15) is 22.8 Å². The van der Waals surface area contributed by atoms with Crippen molar-refractivity contribution in [3.8, 4) is 0 Å². The lowest BCUT2D eigenvalue weighted by Gasteiger charge is -2.45. The normalized spacial score (nSPS) is 23.2. The predicted molar refractivity (Wildman–Crippen MR) is 135 cm³/mol. The van der Waals surface area contributed by atoms with E-state index < -0.39 is 64.4 Å². The quantitative estimate of drug-likeness (QED) is 0.203. The number of hydroxylamine groups is 1. The molecule has 0 amide bonds. The molecule has 1 saturated heterocycles. The summed E-state index contributed by atoms with van der Waals surface area (Å²) in [4.78, 5) is 45.3. The van der Waals surface area contributed by atoms with E-state index in [1.165, 1.54) is 0 Å². The van der Waals surface area contributed by atoms with Gasteiger partial charge >= 0.3 is 5.97 Å². The highest BCUT2D eigenvalue weighted by Crippen LogP contribution is 2.51. The van der Waals surface area contributed by atoms with Crippen LogP contribution in [0.25, 0.3) is 0 Å². The molecule has 1 unspecified atom stereocenters. The molecule has 10 nitrogen and oxygen atoms in total. The number of benzene rings is 1. The summed E-state index contributed by atoms with van der Waals surface area (Å²) in [6.07, 6.45) is -0.923. The lowest BCUT2D eigenvalue weighted by molar-refractivity contribution is -0.174. The van der Waals surface area contributed by atoms with Gasteiger partial charge in [0, 0.05) is 0 Å². The Morgan fingerprint density at radius 3 is 2.06 bits per heavy atom. The third kappa shape index (κ3) is 5.63. The van der Waals surface area contributed by atoms with Crippen LogP contribution in [0.1, 0.15) is 53.0 Å². The minimum Gasteiger partial charge on any atom is -0.464 e. The van der Waals surface area contributed by atoms with Crippen LogP contribution in [-0.4, -0.2) is 64.6 Å². The van der Waals surface area contributed by atoms with Gasteiger partial charge in [0.2, 0.25) is 11.3 Å². The van der Waals surface area contributed by atoms with E-state index in [0.717, 1.165) is 20.1 Å². The van der Waals surface area contributed by atoms with Crippen LogP contribution < -0.4 is 5.48 Å². The van der Waals surface area contributed by atoms with Crippen molar-refractivity contribution >= 4 is 36.0 Å². The van der Waals surface area contributed by atoms with E-state index in [-0.39, 0.29) is 6.61 Å². The van der Waals surface area contributed by atoms with Crippen LogP contribution in [0.5, 0.6) is 0 Å². The Morgan fingerprint density at radius 2 is 1.64 bits per heavy atom. The molecule has 0 bridgehead atoms. The summed E-state index contributed by atoms with van der Waals surface area (Å²) < 4.78 is 42.8. The van der Waals surface area contributed by atoms with Gasteiger partial charge in [0.1, 0.15) is 0 Å². The summed E-state index contributed by atoms with van der Waals surface area (Å²) in [6.45, 7) is 13.4. The monoisotopic (exact) mass is 543 g/mol. The summed E-state index contributed by atoms with van der Waals surface area (Å²) in [5.74, 6) is -3.77. The van der Waals surface area contributed by atoms with Gasteiger partial charge in [-0.3, -0.25) is 14.4 Å². The van der Waals surface area contributed by atoms with Gasteiger partial charge in [-0.1, -0.05) is 51.1 Å². The van der Waals surface area contributed by atoms with Gasteiger partial charge in [0.15, 0.2) is 26.0 Å². The van der Waals surface area contributed by atoms with Crippen molar-refractivity contribution in [2.24, 2.45) is 0 Å². The first-order valence-corrected chi connectivity index (χ1v) is 16.4. The Labute approximate surface area is 214 Å². The summed E-state index contributed by atoms with van der Waals surface area (Å²) in [5, 5.41) is -0.413. The van der Waals surface area contributed by atoms with Gasteiger partial charge in [0.05, 0.1) is 18.8 Å². The van der Waals surface area contributed by atoms with Crippen LogP contribution in [0, 0.1) is 0 Å². The molecule has 1 aliphatic heterocycles. The van der Waals surface area contributed by atoms with E-state index in [0.29, 0.717) is 5.56 Å². The van der Waals surface area contributed by atoms with E-state index in [1.54, 1.807) is 37.3 Å². The number of rotatable bonds is 10. The molecule has 202 valence electrons. The third-order valence-corrected chi connectivity index (χ3v) is 11.8. The third-order valence-electron chi connectivity index (χ3n) is 6.78. The Bertz CT molecular complexity index is 1080. The van der Waals surface area contributed by atoms with Crippen molar-refractivity contribution in [3.05, 3.63) is 35.9 Å². The molecule has 0 radical (unpaired) electrons. The Balaban J connectivity index is 2.99. The Kier molecular flexibility index (Phi) is 8.76. The number of carbonyl (C=O) groups excluding carboxylic acids is 3. The molecular weight excluding hydrogens is 506 g/mol. The van der Waals surface area contributed by atoms with Crippen molar-refractivity contribution in [3.63, 3.8) is 0 Å². The molecule has 0 aliphatic carbocycles. The number of ketones is 2. The molecule has 0 aromatic heterocycles. The maximum absolute atomic E-state index is 13.5. The van der Waals surface area contributed by atoms with Crippen molar-refractivity contribution in [1.29, 1.82) is 0 Å². The van der Waals surface area contributed by atoms with Gasteiger partial charge in [-0.25, -0.2) is 8.98 Å². The van der Waals surface area contributed by atoms with Gasteiger partial charge in [0.25, 0.3) is 10.1 Å². The molecule has 0 saturated carbocycles. The minimum absolute atomic E-state index is 0.0351. The highest BCUT2D eigenvalue weighted by molar-refractivity contribution is 7.86. The van der Waals surface area contributed by atoms with Crippen molar-refractivity contribution in [1.82, 2.24) is 5.48 Å². The zero-order chi connectivity index (χ0) is 27.7. The predicted octanol–water partition coefficient (Wildman–Crippen LogP) is 2.85. The number of esters is 1. The fourth-order valence-corrected chi connectivity index (χ4v) is 6.00. The van der Waals surface area contributed by atoms with Crippen molar-refractivity contribution in [2.45, 2.75) is 83.0 Å². The van der Waals surface area contributed by atoms with Crippen LogP contribution in [-0.2, 0) is 42.7 Å². The van der Waals surface area contributed by atoms with Gasteiger partial charge in [-0.05, 0) is 44.5 Å². The number of hydrogen-bond donors (Lipinski definition) is 1. The van der Waals surface area contributed by atoms with Crippen LogP contribution in [0.3, 0.4) is 0 Å². The second kappa shape index (κ2) is 10.4. The second-order valence-electron chi connectivity index (χ2n) is 10.5. The number of nitrogens with one attached hydrogen (secondary N) is 1. The lowest BCUT2D eigenvalue weighted by Crippen LogP contribution is -2.65. The molecule has 1 aromatic rings. The highest BCUT2D eigenvalue weighted by atomic mass is 32.2. The number of hydrogen-bond acceptors (Lipinski definition) is 10. The molecule has 36 heavy (non-hydrogen) atoms. The van der Waals surface area contributed by atoms with Crippen LogP contribution >= 0.6 is 0 Å². The van der Waals surface area contributed by atoms with E-state index >= 15 is 0 Å². The van der Waals surface area contributed by atoms with Gasteiger partial charge in [-0.15, -0.1) is 0 Å². The van der Waals surface area contributed by atoms with Gasteiger partial charge in [-0.2, -0.15) is 13.9 Å². The maximum atomic E-state index is 13.5. The minimum atomic E-state index is -4.33. The summed E-state index contributed by atoms with van der Waals surface area (Å²) >= 11 is 0. The highest BCUT2D eigenvalue weighted by Gasteiger charge is 2.71. The Hall–Kier alpha value is -1.96. The van der Waals surface area contributed by atoms with Crippen LogP contribution in [0.4, 0.5) is 0 Å². The number of ether oxygens (including phenoxy) is 1. The van der Waals surface area contributed by atoms with E-state index in [1.807, 2.05) is 33.9 Å². The van der Waals surface area contributed by atoms with Crippen LogP contribution in [0.15, 0.2) is 30.3 Å². The standard InChI is InChI=1S/C24H37NO9SSi/c1-10-31-21(28)20(32-36(8,9)22(4,5)6)24(34-35(7,29)30)19(18-14-12-11-13-15-18)23(16(2)26,17(3)27)33-25-24/h11-15,19-20,25H,10H2,1-9H3/t19-,20-,24?/m0/s1. The smallest absolute Gasteiger partial charge is 0.338 e. The van der Waals surface area contributed by atoms with E-state index in [2.05, 4.69) is 5.48 Å². The molecular formula is C24H37NO9SSi. The number of Topliss-reactive ketones (excluding diaryl/α,β-unsaturated/α-hetero) is 2. The summed E-state index contributed by atoms with van der Waals surface area (Å²) in [6, 6.07) is 8.20. The molecule has 1 aliphatic rings. The van der Waals surface area contributed by atoms with Gasteiger partial charge < -0.3 is 9.16 Å². The van der Waals surface area contributed by atoms with Crippen molar-refractivity contribution in [2.75, 3.05) is 12.9 Å². The lowest BCUT2D eigenvalue weighted by atomic mass is 9.71. The first-order chi connectivity index (χ1) is 16.4. The molecule has 1 fully saturated rings. The zero-order valence-electron chi connectivity index (χ0n) is 22.3. The molecule has 2 rings (SSSR count). The van der Waals surface area contributed by atoms with E-state index in [4.69, 9.17) is 18.2 Å². The molecule has 3 atom stereocenters. The molecule has 12 heteroatoms. The largest absolute Gasteiger partial charge is 0.464 e. The first-order valence-electron chi connectivity index (χ1n) is 11.6. The molecule has 1 heterocycles. The fraction of sp³-hybridized carbons (Fsp3) is 0.625. The molecule has 0 spiro atoms. The fourth-order valence-electron chi connectivity index (χ4n) is 4.07. The Morgan fingerprint density at radius 1 is 1.11 bits per heavy atom. The zero-order valence-corrected chi connectivity index (χ0v) is 24.1. The molecule has 1 N–H and O–H groups in total. The average molecular weight is 544 g/mol. The van der Waals surface area contributed by atoms with Crippen LogP contribution in [0.2, 0.25) is 18.1 Å². The molecule has 1 aromatic carbocycles. The average Bonchev–Trinajstić information content (AvgIpc) is 3.07. The SMILES string of the molecule is CCOC(=O)[C@H](O[Si](C)(C)C(C)(C)C)C1(OS(C)(=O)=O)NOC(C(C)=O)(C(C)=O)[C@@H]1c1ccccc1. The maximum Gasteiger partial charge on any atom is 0.338 e. The van der Waals surface area contributed by atoms with Crippen molar-refractivity contribution < 1.29 is 41.0 Å². The summed E-state index contributed by atoms with van der Waals surface area (Å²) in [7, 11) is -7.15. The first kappa shape index (κ1) is 30.3. The topological polar surface area (TPSA) is 134 Å². The summed E-state index contributed by atoms with van der Waals surface area (Å²) in [5.41, 5.74) is -1.75. The number of carbonyl (C=O) groups is 3. The second-order valence-corrected chi connectivity index (χ2v) is 16.8.